The number of hydrogen-bond acceptors (Lipinski definition) is 8. The van der Waals surface area contributed by atoms with E-state index in [-0.39, 0.29) is 0 Å². The standard InChI is InChI=1S/C20H22N6O2S/c1-25(2)15-7-4-12-18(22-15)24-19(21-12)20-23-16-14(27-3)6-5-13(17(16)29-20)26-8-10-28-11-9-26/h4-7H,8-11H2,1-3H3,(H,21,22,24). The molecular formula is C20H22N6O2S. The number of ether oxygens (including phenoxy) is 2. The van der Waals surface area contributed by atoms with Crippen LogP contribution in [0.4, 0.5) is 11.5 Å². The van der Waals surface area contributed by atoms with Crippen molar-refractivity contribution in [3.63, 3.8) is 0 Å². The number of hydrogen-bond donors (Lipinski definition) is 1. The third-order valence-corrected chi connectivity index (χ3v) is 6.13. The zero-order chi connectivity index (χ0) is 20.0. The third kappa shape index (κ3) is 3.16. The van der Waals surface area contributed by atoms with Gasteiger partial charge in [0.15, 0.2) is 16.5 Å². The van der Waals surface area contributed by atoms with E-state index in [1.807, 2.05) is 37.2 Å². The Kier molecular flexibility index (Phi) is 4.48. The summed E-state index contributed by atoms with van der Waals surface area (Å²) in [5.74, 6) is 2.36. The second kappa shape index (κ2) is 7.16. The van der Waals surface area contributed by atoms with Crippen molar-refractivity contribution in [2.24, 2.45) is 0 Å². The molecule has 0 saturated carbocycles. The van der Waals surface area contributed by atoms with E-state index < -0.39 is 0 Å². The smallest absolute Gasteiger partial charge is 0.180 e. The molecule has 8 nitrogen and oxygen atoms in total. The number of aromatic amines is 1. The van der Waals surface area contributed by atoms with E-state index in [0.717, 1.165) is 70.1 Å². The molecular weight excluding hydrogens is 388 g/mol. The Balaban J connectivity index is 1.62. The van der Waals surface area contributed by atoms with Crippen LogP contribution < -0.4 is 14.5 Å². The molecule has 1 saturated heterocycles. The predicted octanol–water partition coefficient (Wildman–Crippen LogP) is 3.15. The van der Waals surface area contributed by atoms with Crippen LogP contribution in [0, 0.1) is 0 Å². The molecule has 0 amide bonds. The van der Waals surface area contributed by atoms with Gasteiger partial charge >= 0.3 is 0 Å². The van der Waals surface area contributed by atoms with Crippen molar-refractivity contribution >= 4 is 44.2 Å². The highest BCUT2D eigenvalue weighted by Crippen LogP contribution is 2.40. The number of morpholine rings is 1. The topological polar surface area (TPSA) is 79.4 Å². The van der Waals surface area contributed by atoms with E-state index in [9.17, 15) is 0 Å². The first-order chi connectivity index (χ1) is 14.1. The fourth-order valence-corrected chi connectivity index (χ4v) is 4.59. The molecule has 4 heterocycles. The van der Waals surface area contributed by atoms with Crippen molar-refractivity contribution in [2.75, 3.05) is 57.3 Å². The van der Waals surface area contributed by atoms with Gasteiger partial charge in [0.2, 0.25) is 0 Å². The third-order valence-electron chi connectivity index (χ3n) is 5.05. The van der Waals surface area contributed by atoms with Crippen molar-refractivity contribution in [2.45, 2.75) is 0 Å². The van der Waals surface area contributed by atoms with Crippen molar-refractivity contribution in [3.05, 3.63) is 24.3 Å². The maximum Gasteiger partial charge on any atom is 0.180 e. The van der Waals surface area contributed by atoms with Gasteiger partial charge in [0.05, 0.1) is 36.2 Å². The highest BCUT2D eigenvalue weighted by Gasteiger charge is 2.21. The number of imidazole rings is 1. The molecule has 9 heteroatoms. The molecule has 150 valence electrons. The normalized spacial score (nSPS) is 14.7. The number of rotatable bonds is 4. The molecule has 1 aliphatic heterocycles. The minimum atomic E-state index is 0.686. The number of thiazole rings is 1. The highest BCUT2D eigenvalue weighted by atomic mass is 32.1. The summed E-state index contributed by atoms with van der Waals surface area (Å²) in [5, 5.41) is 0.823. The lowest BCUT2D eigenvalue weighted by Crippen LogP contribution is -2.36. The molecule has 0 spiro atoms. The average Bonchev–Trinajstić information content (AvgIpc) is 3.37. The van der Waals surface area contributed by atoms with Gasteiger partial charge < -0.3 is 24.3 Å². The van der Waals surface area contributed by atoms with Gasteiger partial charge in [-0.3, -0.25) is 0 Å². The molecule has 1 aliphatic rings. The zero-order valence-electron chi connectivity index (χ0n) is 16.6. The number of benzene rings is 1. The molecule has 0 atom stereocenters. The van der Waals surface area contributed by atoms with E-state index in [2.05, 4.69) is 20.9 Å². The number of nitrogens with one attached hydrogen (secondary N) is 1. The number of nitrogens with zero attached hydrogens (tertiary/aromatic N) is 5. The molecule has 3 aromatic heterocycles. The van der Waals surface area contributed by atoms with Crippen LogP contribution in [0.3, 0.4) is 0 Å². The van der Waals surface area contributed by atoms with Crippen molar-refractivity contribution in [3.8, 4) is 16.6 Å². The summed E-state index contributed by atoms with van der Waals surface area (Å²) in [6.07, 6.45) is 0. The fourth-order valence-electron chi connectivity index (χ4n) is 3.52. The van der Waals surface area contributed by atoms with Crippen LogP contribution in [0.5, 0.6) is 5.75 Å². The minimum Gasteiger partial charge on any atom is -0.494 e. The molecule has 1 fully saturated rings. The molecule has 1 aromatic carbocycles. The summed E-state index contributed by atoms with van der Waals surface area (Å²) in [6.45, 7) is 3.22. The highest BCUT2D eigenvalue weighted by molar-refractivity contribution is 7.22. The van der Waals surface area contributed by atoms with Gasteiger partial charge in [-0.1, -0.05) is 0 Å². The summed E-state index contributed by atoms with van der Waals surface area (Å²) < 4.78 is 12.2. The summed E-state index contributed by atoms with van der Waals surface area (Å²) in [5.41, 5.74) is 3.60. The summed E-state index contributed by atoms with van der Waals surface area (Å²) in [6, 6.07) is 8.07. The Morgan fingerprint density at radius 3 is 2.69 bits per heavy atom. The number of pyridine rings is 1. The molecule has 0 bridgehead atoms. The van der Waals surface area contributed by atoms with E-state index >= 15 is 0 Å². The van der Waals surface area contributed by atoms with Gasteiger partial charge in [-0.25, -0.2) is 15.0 Å². The average molecular weight is 411 g/mol. The number of methoxy groups -OCH3 is 1. The van der Waals surface area contributed by atoms with Gasteiger partial charge in [-0.15, -0.1) is 11.3 Å². The van der Waals surface area contributed by atoms with Crippen molar-refractivity contribution in [1.82, 2.24) is 19.9 Å². The van der Waals surface area contributed by atoms with Gasteiger partial charge in [0.1, 0.15) is 17.1 Å². The maximum atomic E-state index is 5.57. The summed E-state index contributed by atoms with van der Waals surface area (Å²) >= 11 is 1.62. The lowest BCUT2D eigenvalue weighted by molar-refractivity contribution is 0.123. The molecule has 0 aliphatic carbocycles. The molecule has 29 heavy (non-hydrogen) atoms. The number of anilines is 2. The lowest BCUT2D eigenvalue weighted by Gasteiger charge is -2.29. The predicted molar refractivity (Wildman–Crippen MR) is 116 cm³/mol. The maximum absolute atomic E-state index is 5.57. The first kappa shape index (κ1) is 18.1. The first-order valence-corrected chi connectivity index (χ1v) is 10.3. The number of aromatic nitrogens is 4. The minimum absolute atomic E-state index is 0.686. The van der Waals surface area contributed by atoms with Gasteiger partial charge in [0.25, 0.3) is 0 Å². The molecule has 5 rings (SSSR count). The molecule has 1 N–H and O–H groups in total. The number of H-pyrrole nitrogens is 1. The molecule has 0 radical (unpaired) electrons. The second-order valence-corrected chi connectivity index (χ2v) is 8.10. The number of fused-ring (bicyclic) bond motifs is 2. The quantitative estimate of drug-likeness (QED) is 0.554. The largest absolute Gasteiger partial charge is 0.494 e. The van der Waals surface area contributed by atoms with E-state index in [1.54, 1.807) is 18.4 Å². The Labute approximate surface area is 172 Å². The Hall–Kier alpha value is -2.91. The fraction of sp³-hybridized carbons (Fsp3) is 0.350. The van der Waals surface area contributed by atoms with Crippen LogP contribution in [0.15, 0.2) is 24.3 Å². The zero-order valence-corrected chi connectivity index (χ0v) is 17.4. The van der Waals surface area contributed by atoms with Crippen LogP contribution in [0.1, 0.15) is 0 Å². The van der Waals surface area contributed by atoms with E-state index in [4.69, 9.17) is 19.4 Å². The Bertz CT molecular complexity index is 1180. The molecule has 4 aromatic rings. The first-order valence-electron chi connectivity index (χ1n) is 9.49. The second-order valence-electron chi connectivity index (χ2n) is 7.10. The van der Waals surface area contributed by atoms with E-state index in [1.165, 1.54) is 0 Å². The SMILES string of the molecule is COc1ccc(N2CCOCC2)c2sc(-c3nc4nc(N(C)C)ccc4[nH]3)nc12. The van der Waals surface area contributed by atoms with Crippen molar-refractivity contribution < 1.29 is 9.47 Å². The van der Waals surface area contributed by atoms with Crippen molar-refractivity contribution in [1.29, 1.82) is 0 Å². The van der Waals surface area contributed by atoms with E-state index in [0.29, 0.717) is 5.65 Å². The Morgan fingerprint density at radius 2 is 1.93 bits per heavy atom. The molecule has 0 unspecified atom stereocenters. The van der Waals surface area contributed by atoms with Crippen LogP contribution >= 0.6 is 11.3 Å². The van der Waals surface area contributed by atoms with Gasteiger partial charge in [-0.05, 0) is 24.3 Å². The monoisotopic (exact) mass is 410 g/mol. The lowest BCUT2D eigenvalue weighted by atomic mass is 10.2. The van der Waals surface area contributed by atoms with Crippen LogP contribution in [0.2, 0.25) is 0 Å². The summed E-state index contributed by atoms with van der Waals surface area (Å²) in [7, 11) is 5.61. The Morgan fingerprint density at radius 1 is 1.10 bits per heavy atom. The van der Waals surface area contributed by atoms with Crippen LogP contribution in [-0.4, -0.2) is 67.4 Å². The van der Waals surface area contributed by atoms with Gasteiger partial charge in [0, 0.05) is 27.2 Å². The van der Waals surface area contributed by atoms with Crippen LogP contribution in [-0.2, 0) is 4.74 Å². The van der Waals surface area contributed by atoms with Gasteiger partial charge in [-0.2, -0.15) is 0 Å². The summed E-state index contributed by atoms with van der Waals surface area (Å²) in [4.78, 5) is 21.8. The van der Waals surface area contributed by atoms with Crippen LogP contribution in [0.25, 0.3) is 32.2 Å².